The molecule has 7 nitrogen and oxygen atoms in total. The van der Waals surface area contributed by atoms with Crippen molar-refractivity contribution in [1.82, 2.24) is 14.3 Å². The van der Waals surface area contributed by atoms with Gasteiger partial charge in [0.05, 0.1) is 12.9 Å². The van der Waals surface area contributed by atoms with Crippen molar-refractivity contribution in [3.63, 3.8) is 0 Å². The minimum atomic E-state index is -3.73. The number of sulfonamides is 1. The molecule has 0 fully saturated rings. The smallest absolute Gasteiger partial charge is 0.260 e. The lowest BCUT2D eigenvalue weighted by Gasteiger charge is -2.00. The van der Waals surface area contributed by atoms with Crippen molar-refractivity contribution in [3.8, 4) is 0 Å². The predicted molar refractivity (Wildman–Crippen MR) is 52.3 cm³/mol. The lowest BCUT2D eigenvalue weighted by Crippen LogP contribution is -2.33. The third-order valence-corrected chi connectivity index (χ3v) is 2.97. The number of aromatic nitrogens is 2. The molecule has 0 spiro atoms. The molecule has 1 rings (SSSR count). The van der Waals surface area contributed by atoms with Crippen LogP contribution in [-0.4, -0.2) is 30.4 Å². The number of aryl methyl sites for hydroxylation is 1. The Hall–Kier alpha value is -1.41. The normalized spacial score (nSPS) is 11.5. The maximum atomic E-state index is 11.5. The van der Waals surface area contributed by atoms with Gasteiger partial charge >= 0.3 is 0 Å². The number of amides is 1. The molecule has 0 radical (unpaired) electrons. The van der Waals surface area contributed by atoms with E-state index in [0.29, 0.717) is 6.54 Å². The Morgan fingerprint density at radius 3 is 2.80 bits per heavy atom. The second-order valence-electron chi connectivity index (χ2n) is 2.83. The van der Waals surface area contributed by atoms with Gasteiger partial charge in [-0.05, 0) is 6.92 Å². The summed E-state index contributed by atoms with van der Waals surface area (Å²) in [6.07, 6.45) is 2.78. The van der Waals surface area contributed by atoms with E-state index in [1.165, 1.54) is 12.5 Å². The van der Waals surface area contributed by atoms with Crippen molar-refractivity contribution in [3.05, 3.63) is 12.5 Å². The second kappa shape index (κ2) is 4.41. The molecule has 0 aliphatic rings. The number of imidazole rings is 1. The molecule has 0 atom stereocenters. The molecule has 84 valence electrons. The zero-order valence-electron chi connectivity index (χ0n) is 8.17. The van der Waals surface area contributed by atoms with Crippen molar-refractivity contribution in [1.29, 1.82) is 0 Å². The number of nitrogens with two attached hydrogens (primary N) is 1. The van der Waals surface area contributed by atoms with Crippen molar-refractivity contribution >= 4 is 15.9 Å². The molecular formula is C7H12N4O3S. The molecular weight excluding hydrogens is 220 g/mol. The molecule has 0 aromatic carbocycles. The number of carbonyl (C=O) groups is 1. The van der Waals surface area contributed by atoms with E-state index in [0.717, 1.165) is 0 Å². The van der Waals surface area contributed by atoms with Crippen LogP contribution in [0.3, 0.4) is 0 Å². The van der Waals surface area contributed by atoms with Gasteiger partial charge in [-0.1, -0.05) is 0 Å². The Balaban J connectivity index is 2.81. The van der Waals surface area contributed by atoms with E-state index in [-0.39, 0.29) is 5.03 Å². The first-order valence-corrected chi connectivity index (χ1v) is 5.73. The number of primary amides is 1. The third kappa shape index (κ3) is 3.03. The molecule has 0 bridgehead atoms. The average Bonchev–Trinajstić information content (AvgIpc) is 2.63. The highest BCUT2D eigenvalue weighted by atomic mass is 32.2. The van der Waals surface area contributed by atoms with Gasteiger partial charge in [-0.2, -0.15) is 0 Å². The highest BCUT2D eigenvalue weighted by molar-refractivity contribution is 7.89. The van der Waals surface area contributed by atoms with Gasteiger partial charge in [0.25, 0.3) is 10.0 Å². The van der Waals surface area contributed by atoms with Crippen molar-refractivity contribution in [2.24, 2.45) is 5.73 Å². The summed E-state index contributed by atoms with van der Waals surface area (Å²) in [5.74, 6) is -0.742. The van der Waals surface area contributed by atoms with E-state index in [2.05, 4.69) is 4.98 Å². The van der Waals surface area contributed by atoms with Crippen LogP contribution in [-0.2, 0) is 21.4 Å². The first-order valence-electron chi connectivity index (χ1n) is 4.25. The summed E-state index contributed by atoms with van der Waals surface area (Å²) in [6.45, 7) is 2.05. The zero-order valence-corrected chi connectivity index (χ0v) is 8.99. The number of nitrogens with zero attached hydrogens (tertiary/aromatic N) is 2. The molecule has 1 amide bonds. The molecule has 0 saturated heterocycles. The molecule has 0 aliphatic heterocycles. The van der Waals surface area contributed by atoms with E-state index < -0.39 is 22.5 Å². The van der Waals surface area contributed by atoms with Gasteiger partial charge < -0.3 is 10.3 Å². The Morgan fingerprint density at radius 2 is 2.33 bits per heavy atom. The molecule has 3 N–H and O–H groups in total. The SMILES string of the molecule is CCn1cnc(S(=O)(=O)NCC(N)=O)c1. The van der Waals surface area contributed by atoms with Crippen molar-refractivity contribution < 1.29 is 13.2 Å². The molecule has 8 heteroatoms. The van der Waals surface area contributed by atoms with Crippen LogP contribution >= 0.6 is 0 Å². The monoisotopic (exact) mass is 232 g/mol. The van der Waals surface area contributed by atoms with Crippen LogP contribution < -0.4 is 10.5 Å². The first kappa shape index (κ1) is 11.7. The van der Waals surface area contributed by atoms with Crippen molar-refractivity contribution in [2.75, 3.05) is 6.54 Å². The second-order valence-corrected chi connectivity index (χ2v) is 4.55. The Kier molecular flexibility index (Phi) is 3.43. The number of carbonyl (C=O) groups excluding carboxylic acids is 1. The summed E-state index contributed by atoms with van der Waals surface area (Å²) < 4.78 is 26.6. The highest BCUT2D eigenvalue weighted by Gasteiger charge is 2.17. The quantitative estimate of drug-likeness (QED) is 0.655. The van der Waals surface area contributed by atoms with E-state index in [9.17, 15) is 13.2 Å². The summed E-state index contributed by atoms with van der Waals surface area (Å²) in [5, 5.41) is -0.120. The van der Waals surface area contributed by atoms with Crippen LogP contribution in [0.4, 0.5) is 0 Å². The fourth-order valence-electron chi connectivity index (χ4n) is 0.891. The zero-order chi connectivity index (χ0) is 11.5. The fourth-order valence-corrected chi connectivity index (χ4v) is 1.83. The Labute approximate surface area is 87.3 Å². The van der Waals surface area contributed by atoms with E-state index >= 15 is 0 Å². The van der Waals surface area contributed by atoms with Crippen molar-refractivity contribution in [2.45, 2.75) is 18.5 Å². The lowest BCUT2D eigenvalue weighted by molar-refractivity contribution is -0.116. The van der Waals surface area contributed by atoms with Gasteiger partial charge in [0.15, 0.2) is 5.03 Å². The van der Waals surface area contributed by atoms with Crippen LogP contribution in [0.5, 0.6) is 0 Å². The van der Waals surface area contributed by atoms with E-state index in [1.54, 1.807) is 4.57 Å². The maximum absolute atomic E-state index is 11.5. The maximum Gasteiger partial charge on any atom is 0.260 e. The summed E-state index contributed by atoms with van der Waals surface area (Å²) in [7, 11) is -3.73. The first-order chi connectivity index (χ1) is 6.95. The Morgan fingerprint density at radius 1 is 1.67 bits per heavy atom. The van der Waals surface area contributed by atoms with Gasteiger partial charge in [0.2, 0.25) is 5.91 Å². The van der Waals surface area contributed by atoms with Crippen LogP contribution in [0.15, 0.2) is 17.6 Å². The largest absolute Gasteiger partial charge is 0.369 e. The molecule has 15 heavy (non-hydrogen) atoms. The highest BCUT2D eigenvalue weighted by Crippen LogP contribution is 2.04. The number of rotatable bonds is 5. The fraction of sp³-hybridized carbons (Fsp3) is 0.429. The minimum Gasteiger partial charge on any atom is -0.369 e. The van der Waals surface area contributed by atoms with Gasteiger partial charge in [-0.15, -0.1) is 0 Å². The van der Waals surface area contributed by atoms with Gasteiger partial charge in [-0.3, -0.25) is 4.79 Å². The number of hydrogen-bond donors (Lipinski definition) is 2. The number of nitrogens with one attached hydrogen (secondary N) is 1. The third-order valence-electron chi connectivity index (χ3n) is 1.69. The van der Waals surface area contributed by atoms with Gasteiger partial charge in [-0.25, -0.2) is 18.1 Å². The Bertz CT molecular complexity index is 451. The lowest BCUT2D eigenvalue weighted by atomic mass is 10.7. The topological polar surface area (TPSA) is 107 Å². The molecule has 0 unspecified atom stereocenters. The van der Waals surface area contributed by atoms with Crippen LogP contribution in [0.2, 0.25) is 0 Å². The summed E-state index contributed by atoms with van der Waals surface area (Å²) in [4.78, 5) is 14.1. The van der Waals surface area contributed by atoms with E-state index in [1.807, 2.05) is 11.6 Å². The molecule has 0 aliphatic carbocycles. The average molecular weight is 232 g/mol. The minimum absolute atomic E-state index is 0.120. The molecule has 1 aromatic rings. The molecule has 1 aromatic heterocycles. The number of hydrogen-bond acceptors (Lipinski definition) is 4. The molecule has 1 heterocycles. The van der Waals surface area contributed by atoms with Crippen LogP contribution in [0.1, 0.15) is 6.92 Å². The summed E-state index contributed by atoms with van der Waals surface area (Å²) in [5.41, 5.74) is 4.82. The summed E-state index contributed by atoms with van der Waals surface area (Å²) >= 11 is 0. The van der Waals surface area contributed by atoms with Gasteiger partial charge in [0, 0.05) is 12.7 Å². The standard InChI is InChI=1S/C7H12N4O3S/c1-2-11-4-7(9-5-11)15(13,14)10-3-6(8)12/h4-5,10H,2-3H2,1H3,(H2,8,12). The predicted octanol–water partition coefficient (Wildman–Crippen LogP) is -1.33. The van der Waals surface area contributed by atoms with Crippen LogP contribution in [0.25, 0.3) is 0 Å². The summed E-state index contributed by atoms with van der Waals surface area (Å²) in [6, 6.07) is 0. The van der Waals surface area contributed by atoms with Gasteiger partial charge in [0.1, 0.15) is 0 Å². The van der Waals surface area contributed by atoms with E-state index in [4.69, 9.17) is 5.73 Å². The molecule has 0 saturated carbocycles. The van der Waals surface area contributed by atoms with Crippen LogP contribution in [0, 0.1) is 0 Å².